The van der Waals surface area contributed by atoms with Crippen LogP contribution in [-0.4, -0.2) is 36.5 Å². The first-order chi connectivity index (χ1) is 23.8. The number of aliphatic hydroxyl groups is 2. The summed E-state index contributed by atoms with van der Waals surface area (Å²) in [5, 5.41) is 25.9. The summed E-state index contributed by atoms with van der Waals surface area (Å²) < 4.78 is 0. The minimum Gasteiger partial charge on any atom is -0.396 e. The Balaban J connectivity index is 0.000000188. The van der Waals surface area contributed by atoms with E-state index in [0.29, 0.717) is 12.8 Å². The molecular weight excluding hydrogens is 588 g/mol. The van der Waals surface area contributed by atoms with E-state index in [2.05, 4.69) is 156 Å². The number of hydrogen-bond donors (Lipinski definition) is 4. The molecule has 0 aliphatic heterocycles. The van der Waals surface area contributed by atoms with Gasteiger partial charge < -0.3 is 10.2 Å². The van der Waals surface area contributed by atoms with Crippen LogP contribution in [0.4, 0.5) is 0 Å². The Morgan fingerprint density at radius 2 is 0.500 bits per heavy atom. The van der Waals surface area contributed by atoms with Crippen LogP contribution in [0.15, 0.2) is 182 Å². The average Bonchev–Trinajstić information content (AvgIpc) is 3.18. The van der Waals surface area contributed by atoms with Crippen molar-refractivity contribution in [3.8, 4) is 0 Å². The van der Waals surface area contributed by atoms with Crippen molar-refractivity contribution >= 4 is 0 Å². The lowest BCUT2D eigenvalue weighted by molar-refractivity contribution is 0.280. The first-order valence-electron chi connectivity index (χ1n) is 16.8. The van der Waals surface area contributed by atoms with Crippen LogP contribution in [0.3, 0.4) is 0 Å². The molecule has 6 aromatic carbocycles. The Morgan fingerprint density at radius 3 is 0.667 bits per heavy atom. The third kappa shape index (κ3) is 7.99. The molecule has 4 nitrogen and oxygen atoms in total. The standard InChI is InChI=1S/2C22H23NO/c2*24-18-10-17-23-22(19-11-4-1-5-12-19,20-13-6-2-7-14-20)21-15-8-3-9-16-21/h2*1-9,11-16,23-24H,10,17-18H2. The van der Waals surface area contributed by atoms with E-state index in [1.54, 1.807) is 0 Å². The lowest BCUT2D eigenvalue weighted by atomic mass is 9.77. The van der Waals surface area contributed by atoms with Crippen molar-refractivity contribution in [3.05, 3.63) is 215 Å². The zero-order chi connectivity index (χ0) is 33.3. The normalized spacial score (nSPS) is 11.4. The van der Waals surface area contributed by atoms with Crippen molar-refractivity contribution in [1.29, 1.82) is 0 Å². The van der Waals surface area contributed by atoms with Gasteiger partial charge in [-0.15, -0.1) is 0 Å². The molecule has 6 aromatic rings. The van der Waals surface area contributed by atoms with E-state index >= 15 is 0 Å². The highest BCUT2D eigenvalue weighted by atomic mass is 16.3. The van der Waals surface area contributed by atoms with Crippen molar-refractivity contribution in [3.63, 3.8) is 0 Å². The smallest absolute Gasteiger partial charge is 0.0947 e. The highest BCUT2D eigenvalue weighted by molar-refractivity contribution is 5.50. The average molecular weight is 635 g/mol. The van der Waals surface area contributed by atoms with Gasteiger partial charge in [-0.1, -0.05) is 182 Å². The molecule has 0 fully saturated rings. The van der Waals surface area contributed by atoms with Gasteiger partial charge in [-0.2, -0.15) is 0 Å². The number of rotatable bonds is 14. The SMILES string of the molecule is OCCCNC(c1ccccc1)(c1ccccc1)c1ccccc1.OCCCNC(c1ccccc1)(c1ccccc1)c1ccccc1. The molecule has 0 aromatic heterocycles. The molecule has 0 aliphatic rings. The lowest BCUT2D eigenvalue weighted by Gasteiger charge is -2.37. The molecule has 0 saturated heterocycles. The largest absolute Gasteiger partial charge is 0.396 e. The molecule has 0 spiro atoms. The minimum absolute atomic E-state index is 0.182. The fraction of sp³-hybridized carbons (Fsp3) is 0.182. The van der Waals surface area contributed by atoms with Crippen LogP contribution in [0.2, 0.25) is 0 Å². The summed E-state index contributed by atoms with van der Waals surface area (Å²) in [6.07, 6.45) is 1.43. The Labute approximate surface area is 285 Å². The van der Waals surface area contributed by atoms with Gasteiger partial charge in [-0.05, 0) is 59.3 Å². The van der Waals surface area contributed by atoms with E-state index in [1.165, 1.54) is 33.4 Å². The molecule has 4 N–H and O–H groups in total. The summed E-state index contributed by atoms with van der Waals surface area (Å²) in [5.41, 5.74) is 6.31. The van der Waals surface area contributed by atoms with Crippen LogP contribution in [-0.2, 0) is 11.1 Å². The molecule has 0 amide bonds. The topological polar surface area (TPSA) is 64.5 Å². The second-order valence-electron chi connectivity index (χ2n) is 11.7. The Morgan fingerprint density at radius 1 is 0.312 bits per heavy atom. The van der Waals surface area contributed by atoms with E-state index in [-0.39, 0.29) is 13.2 Å². The number of hydrogen-bond acceptors (Lipinski definition) is 4. The zero-order valence-electron chi connectivity index (χ0n) is 27.5. The maximum Gasteiger partial charge on any atom is 0.0947 e. The molecule has 0 atom stereocenters. The van der Waals surface area contributed by atoms with Crippen LogP contribution >= 0.6 is 0 Å². The summed E-state index contributed by atoms with van der Waals surface area (Å²) in [7, 11) is 0. The zero-order valence-corrected chi connectivity index (χ0v) is 27.5. The van der Waals surface area contributed by atoms with Gasteiger partial charge in [0.1, 0.15) is 0 Å². The summed E-state index contributed by atoms with van der Waals surface area (Å²) in [4.78, 5) is 0. The van der Waals surface area contributed by atoms with Gasteiger partial charge in [0.25, 0.3) is 0 Å². The van der Waals surface area contributed by atoms with Crippen LogP contribution in [0, 0.1) is 0 Å². The fourth-order valence-corrected chi connectivity index (χ4v) is 6.45. The van der Waals surface area contributed by atoms with E-state index < -0.39 is 11.1 Å². The molecule has 0 aliphatic carbocycles. The monoisotopic (exact) mass is 634 g/mol. The van der Waals surface area contributed by atoms with Crippen molar-refractivity contribution in [2.45, 2.75) is 23.9 Å². The summed E-state index contributed by atoms with van der Waals surface area (Å²) in [6.45, 7) is 1.83. The second kappa shape index (κ2) is 17.9. The quantitative estimate of drug-likeness (QED) is 0.0727. The number of nitrogens with one attached hydrogen (secondary N) is 2. The van der Waals surface area contributed by atoms with Gasteiger partial charge in [0, 0.05) is 13.2 Å². The third-order valence-corrected chi connectivity index (χ3v) is 8.69. The summed E-state index contributed by atoms with van der Waals surface area (Å²) in [6, 6.07) is 63.0. The first kappa shape index (κ1) is 34.5. The molecule has 0 saturated carbocycles. The highest BCUT2D eigenvalue weighted by Crippen LogP contribution is 2.38. The van der Waals surface area contributed by atoms with Gasteiger partial charge in [0.15, 0.2) is 0 Å². The molecule has 0 bridgehead atoms. The molecule has 0 unspecified atom stereocenters. The molecule has 244 valence electrons. The molecule has 48 heavy (non-hydrogen) atoms. The second-order valence-corrected chi connectivity index (χ2v) is 11.7. The van der Waals surface area contributed by atoms with Gasteiger partial charge in [-0.3, -0.25) is 10.6 Å². The van der Waals surface area contributed by atoms with Crippen LogP contribution in [0.25, 0.3) is 0 Å². The lowest BCUT2D eigenvalue weighted by Crippen LogP contribution is -2.45. The Bertz CT molecular complexity index is 1390. The molecule has 0 radical (unpaired) electrons. The minimum atomic E-state index is -0.432. The molecule has 4 heteroatoms. The first-order valence-corrected chi connectivity index (χ1v) is 16.8. The predicted molar refractivity (Wildman–Crippen MR) is 198 cm³/mol. The highest BCUT2D eigenvalue weighted by Gasteiger charge is 2.36. The van der Waals surface area contributed by atoms with E-state index in [4.69, 9.17) is 0 Å². The van der Waals surface area contributed by atoms with Crippen molar-refractivity contribution in [1.82, 2.24) is 10.6 Å². The van der Waals surface area contributed by atoms with E-state index in [9.17, 15) is 10.2 Å². The van der Waals surface area contributed by atoms with Crippen molar-refractivity contribution in [2.24, 2.45) is 0 Å². The van der Waals surface area contributed by atoms with E-state index in [0.717, 1.165) is 13.1 Å². The van der Waals surface area contributed by atoms with Crippen molar-refractivity contribution in [2.75, 3.05) is 26.3 Å². The van der Waals surface area contributed by atoms with Gasteiger partial charge >= 0.3 is 0 Å². The summed E-state index contributed by atoms with van der Waals surface area (Å²) >= 11 is 0. The van der Waals surface area contributed by atoms with E-state index in [1.807, 2.05) is 36.4 Å². The molecule has 0 heterocycles. The van der Waals surface area contributed by atoms with Crippen LogP contribution in [0.1, 0.15) is 46.2 Å². The van der Waals surface area contributed by atoms with Gasteiger partial charge in [-0.25, -0.2) is 0 Å². The number of benzene rings is 6. The molecule has 6 rings (SSSR count). The maximum absolute atomic E-state index is 9.23. The van der Waals surface area contributed by atoms with Gasteiger partial charge in [0.05, 0.1) is 11.1 Å². The fourth-order valence-electron chi connectivity index (χ4n) is 6.45. The Kier molecular flexibility index (Phi) is 12.9. The maximum atomic E-state index is 9.23. The third-order valence-electron chi connectivity index (χ3n) is 8.69. The predicted octanol–water partition coefficient (Wildman–Crippen LogP) is 7.90. The van der Waals surface area contributed by atoms with Crippen LogP contribution in [0.5, 0.6) is 0 Å². The Hall–Kier alpha value is -4.84. The van der Waals surface area contributed by atoms with Gasteiger partial charge in [0.2, 0.25) is 0 Å². The number of aliphatic hydroxyl groups excluding tert-OH is 2. The molecular formula is C44H46N2O2. The van der Waals surface area contributed by atoms with Crippen LogP contribution < -0.4 is 10.6 Å². The summed E-state index contributed by atoms with van der Waals surface area (Å²) in [5.74, 6) is 0. The van der Waals surface area contributed by atoms with Crippen molar-refractivity contribution < 1.29 is 10.2 Å².